The van der Waals surface area contributed by atoms with Crippen LogP contribution < -0.4 is 11.1 Å². The van der Waals surface area contributed by atoms with Gasteiger partial charge in [0.1, 0.15) is 0 Å². The molecule has 4 nitrogen and oxygen atoms in total. The zero-order valence-electron chi connectivity index (χ0n) is 14.2. The van der Waals surface area contributed by atoms with Crippen LogP contribution in [0.1, 0.15) is 46.1 Å². The van der Waals surface area contributed by atoms with Gasteiger partial charge in [0.15, 0.2) is 0 Å². The highest BCUT2D eigenvalue weighted by Gasteiger charge is 2.24. The molecule has 0 fully saturated rings. The summed E-state index contributed by atoms with van der Waals surface area (Å²) in [4.78, 5) is 15.0. The average Bonchev–Trinajstić information content (AvgIpc) is 3.01. The Kier molecular flexibility index (Phi) is 4.28. The number of aromatic nitrogens is 1. The second-order valence-electron chi connectivity index (χ2n) is 6.78. The Morgan fingerprint density at radius 3 is 2.84 bits per heavy atom. The van der Waals surface area contributed by atoms with Crippen molar-refractivity contribution in [2.45, 2.75) is 31.7 Å². The second kappa shape index (κ2) is 6.73. The van der Waals surface area contributed by atoms with E-state index in [2.05, 4.69) is 40.6 Å². The van der Waals surface area contributed by atoms with Gasteiger partial charge in [0, 0.05) is 28.2 Å². The van der Waals surface area contributed by atoms with Crippen molar-refractivity contribution >= 4 is 16.8 Å². The topological polar surface area (TPSA) is 70.9 Å². The maximum atomic E-state index is 11.5. The van der Waals surface area contributed by atoms with E-state index in [-0.39, 0.29) is 5.91 Å². The minimum Gasteiger partial charge on any atom is -0.366 e. The number of fused-ring (bicyclic) bond motifs is 3. The Morgan fingerprint density at radius 1 is 1.20 bits per heavy atom. The molecule has 1 aliphatic rings. The second-order valence-corrected chi connectivity index (χ2v) is 6.78. The van der Waals surface area contributed by atoms with Gasteiger partial charge in [0.2, 0.25) is 5.91 Å². The first-order chi connectivity index (χ1) is 12.2. The van der Waals surface area contributed by atoms with Crippen LogP contribution in [0.25, 0.3) is 10.9 Å². The monoisotopic (exact) mass is 333 g/mol. The highest BCUT2D eigenvalue weighted by Crippen LogP contribution is 2.35. The molecule has 128 valence electrons. The number of carbonyl (C=O) groups is 1. The van der Waals surface area contributed by atoms with Gasteiger partial charge in [-0.05, 0) is 61.6 Å². The molecule has 25 heavy (non-hydrogen) atoms. The Balaban J connectivity index is 1.55. The molecule has 0 saturated carbocycles. The summed E-state index contributed by atoms with van der Waals surface area (Å²) in [5.74, 6) is -0.370. The molecule has 0 spiro atoms. The summed E-state index contributed by atoms with van der Waals surface area (Å²) in [6.07, 6.45) is 4.37. The quantitative estimate of drug-likeness (QED) is 0.669. The van der Waals surface area contributed by atoms with Gasteiger partial charge in [0.25, 0.3) is 0 Å². The third-order valence-electron chi connectivity index (χ3n) is 5.14. The van der Waals surface area contributed by atoms with E-state index in [1.807, 2.05) is 12.1 Å². The normalized spacial score (nSPS) is 16.7. The molecule has 3 aromatic rings. The minimum absolute atomic E-state index is 0.344. The summed E-state index contributed by atoms with van der Waals surface area (Å²) >= 11 is 0. The summed E-state index contributed by atoms with van der Waals surface area (Å²) in [7, 11) is 0. The molecule has 1 heterocycles. The van der Waals surface area contributed by atoms with Gasteiger partial charge in [0.05, 0.1) is 0 Å². The molecule has 1 unspecified atom stereocenters. The number of benzene rings is 2. The van der Waals surface area contributed by atoms with Crippen LogP contribution in [-0.2, 0) is 12.8 Å². The third-order valence-corrected chi connectivity index (χ3v) is 5.14. The fourth-order valence-electron chi connectivity index (χ4n) is 3.86. The Morgan fingerprint density at radius 2 is 2.04 bits per heavy atom. The standard InChI is InChI=1S/C21H23N3O/c22-21(25)15-9-10-18-17(13-15)16-7-4-8-19(20(16)24-18)23-12-11-14-5-2-1-3-6-14/h1-3,5-6,9-10,13,19,23-24H,4,7-8,11-12H2,(H2,22,25). The molecule has 1 aromatic heterocycles. The van der Waals surface area contributed by atoms with E-state index in [0.29, 0.717) is 11.6 Å². The van der Waals surface area contributed by atoms with Gasteiger partial charge < -0.3 is 16.0 Å². The number of aromatic amines is 1. The van der Waals surface area contributed by atoms with Crippen molar-refractivity contribution < 1.29 is 4.79 Å². The van der Waals surface area contributed by atoms with Crippen molar-refractivity contribution in [2.24, 2.45) is 5.73 Å². The molecule has 0 radical (unpaired) electrons. The first-order valence-electron chi connectivity index (χ1n) is 8.94. The number of hydrogen-bond donors (Lipinski definition) is 3. The van der Waals surface area contributed by atoms with Crippen molar-refractivity contribution in [1.29, 1.82) is 0 Å². The van der Waals surface area contributed by atoms with E-state index in [1.165, 1.54) is 16.8 Å². The Labute approximate surface area is 147 Å². The third kappa shape index (κ3) is 3.17. The number of aryl methyl sites for hydroxylation is 1. The zero-order valence-corrected chi connectivity index (χ0v) is 14.2. The lowest BCUT2D eigenvalue weighted by Crippen LogP contribution is -2.27. The van der Waals surface area contributed by atoms with Crippen LogP contribution in [0.3, 0.4) is 0 Å². The maximum absolute atomic E-state index is 11.5. The number of carbonyl (C=O) groups excluding carboxylic acids is 1. The lowest BCUT2D eigenvalue weighted by molar-refractivity contribution is 0.100. The van der Waals surface area contributed by atoms with E-state index in [0.717, 1.165) is 43.1 Å². The highest BCUT2D eigenvalue weighted by atomic mass is 16.1. The number of rotatable bonds is 5. The molecule has 0 aliphatic heterocycles. The summed E-state index contributed by atoms with van der Waals surface area (Å²) < 4.78 is 0. The van der Waals surface area contributed by atoms with Crippen molar-refractivity contribution in [3.05, 3.63) is 70.9 Å². The minimum atomic E-state index is -0.370. The summed E-state index contributed by atoms with van der Waals surface area (Å²) in [5.41, 5.74) is 11.1. The number of H-pyrrole nitrogens is 1. The molecule has 0 saturated heterocycles. The molecular formula is C21H23N3O. The molecule has 2 aromatic carbocycles. The molecule has 0 bridgehead atoms. The predicted octanol–water partition coefficient (Wildman–Crippen LogP) is 3.48. The van der Waals surface area contributed by atoms with Gasteiger partial charge in [-0.25, -0.2) is 0 Å². The van der Waals surface area contributed by atoms with E-state index in [9.17, 15) is 4.79 Å². The van der Waals surface area contributed by atoms with Crippen LogP contribution in [0.2, 0.25) is 0 Å². The SMILES string of the molecule is NC(=O)c1ccc2[nH]c3c(c2c1)CCCC3NCCc1ccccc1. The largest absolute Gasteiger partial charge is 0.366 e. The lowest BCUT2D eigenvalue weighted by Gasteiger charge is -2.24. The van der Waals surface area contributed by atoms with Crippen molar-refractivity contribution in [3.63, 3.8) is 0 Å². The molecule has 1 amide bonds. The summed E-state index contributed by atoms with van der Waals surface area (Å²) in [6, 6.07) is 16.6. The van der Waals surface area contributed by atoms with Crippen LogP contribution in [0.4, 0.5) is 0 Å². The number of nitrogens with one attached hydrogen (secondary N) is 2. The Bertz CT molecular complexity index is 898. The summed E-state index contributed by atoms with van der Waals surface area (Å²) in [6.45, 7) is 0.954. The summed E-state index contributed by atoms with van der Waals surface area (Å²) in [5, 5.41) is 4.84. The molecule has 4 rings (SSSR count). The van der Waals surface area contributed by atoms with E-state index >= 15 is 0 Å². The molecule has 1 atom stereocenters. The number of primary amides is 1. The van der Waals surface area contributed by atoms with Gasteiger partial charge >= 0.3 is 0 Å². The smallest absolute Gasteiger partial charge is 0.248 e. The van der Waals surface area contributed by atoms with Gasteiger partial charge in [-0.1, -0.05) is 30.3 Å². The van der Waals surface area contributed by atoms with Crippen LogP contribution in [0.15, 0.2) is 48.5 Å². The molecular weight excluding hydrogens is 310 g/mol. The van der Waals surface area contributed by atoms with Gasteiger partial charge in [-0.2, -0.15) is 0 Å². The first kappa shape index (κ1) is 15.9. The molecule has 4 N–H and O–H groups in total. The maximum Gasteiger partial charge on any atom is 0.248 e. The number of amides is 1. The van der Waals surface area contributed by atoms with Crippen molar-refractivity contribution in [1.82, 2.24) is 10.3 Å². The molecule has 4 heteroatoms. The fourth-order valence-corrected chi connectivity index (χ4v) is 3.86. The van der Waals surface area contributed by atoms with Crippen LogP contribution in [0, 0.1) is 0 Å². The fraction of sp³-hybridized carbons (Fsp3) is 0.286. The van der Waals surface area contributed by atoms with Crippen LogP contribution in [-0.4, -0.2) is 17.4 Å². The highest BCUT2D eigenvalue weighted by molar-refractivity contribution is 5.98. The Hall–Kier alpha value is -2.59. The van der Waals surface area contributed by atoms with E-state index < -0.39 is 0 Å². The number of nitrogens with two attached hydrogens (primary N) is 1. The zero-order chi connectivity index (χ0) is 17.2. The lowest BCUT2D eigenvalue weighted by atomic mass is 9.91. The van der Waals surface area contributed by atoms with Crippen molar-refractivity contribution in [3.8, 4) is 0 Å². The van der Waals surface area contributed by atoms with E-state index in [1.54, 1.807) is 6.07 Å². The van der Waals surface area contributed by atoms with Crippen LogP contribution >= 0.6 is 0 Å². The molecule has 1 aliphatic carbocycles. The number of hydrogen-bond acceptors (Lipinski definition) is 2. The van der Waals surface area contributed by atoms with Crippen molar-refractivity contribution in [2.75, 3.05) is 6.54 Å². The van der Waals surface area contributed by atoms with E-state index in [4.69, 9.17) is 5.73 Å². The van der Waals surface area contributed by atoms with Gasteiger partial charge in [-0.15, -0.1) is 0 Å². The van der Waals surface area contributed by atoms with Crippen LogP contribution in [0.5, 0.6) is 0 Å². The first-order valence-corrected chi connectivity index (χ1v) is 8.94. The van der Waals surface area contributed by atoms with Gasteiger partial charge in [-0.3, -0.25) is 4.79 Å². The average molecular weight is 333 g/mol. The predicted molar refractivity (Wildman–Crippen MR) is 101 cm³/mol.